The average Bonchev–Trinajstić information content (AvgIpc) is 2.41. The lowest BCUT2D eigenvalue weighted by Gasteiger charge is -2.09. The molecule has 1 amide bonds. The van der Waals surface area contributed by atoms with Gasteiger partial charge < -0.3 is 15.8 Å². The van der Waals surface area contributed by atoms with Gasteiger partial charge in [0.05, 0.1) is 6.54 Å². The number of nitrogens with two attached hydrogens (primary N) is 1. The number of hydrogen-bond acceptors (Lipinski definition) is 3. The predicted octanol–water partition coefficient (Wildman–Crippen LogP) is 2.47. The Bertz CT molecular complexity index is 380. The minimum absolute atomic E-state index is 0. The summed E-state index contributed by atoms with van der Waals surface area (Å²) in [6.45, 7) is 5.87. The van der Waals surface area contributed by atoms with E-state index in [2.05, 4.69) is 31.3 Å². The molecule has 20 heavy (non-hydrogen) atoms. The van der Waals surface area contributed by atoms with Gasteiger partial charge in [0.25, 0.3) is 0 Å². The number of benzene rings is 1. The molecule has 0 aliphatic carbocycles. The molecule has 4 nitrogen and oxygen atoms in total. The van der Waals surface area contributed by atoms with Crippen molar-refractivity contribution in [3.63, 3.8) is 0 Å². The van der Waals surface area contributed by atoms with Crippen molar-refractivity contribution in [2.75, 3.05) is 19.7 Å². The lowest BCUT2D eigenvalue weighted by molar-refractivity contribution is -0.121. The molecular weight excluding hydrogens is 276 g/mol. The molecule has 0 atom stereocenters. The average molecular weight is 301 g/mol. The minimum atomic E-state index is 0. The summed E-state index contributed by atoms with van der Waals surface area (Å²) in [6, 6.07) is 8.07. The van der Waals surface area contributed by atoms with E-state index in [1.165, 1.54) is 5.56 Å². The molecule has 0 bridgehead atoms. The lowest BCUT2D eigenvalue weighted by Crippen LogP contribution is -2.28. The number of carbonyl (C=O) groups is 1. The second-order valence-corrected chi connectivity index (χ2v) is 4.81. The Hall–Kier alpha value is -1.26. The zero-order valence-corrected chi connectivity index (χ0v) is 13.0. The molecule has 5 heteroatoms. The number of ether oxygens (including phenoxy) is 1. The first kappa shape index (κ1) is 18.7. The maximum Gasteiger partial charge on any atom is 0.220 e. The zero-order chi connectivity index (χ0) is 14.1. The van der Waals surface area contributed by atoms with Gasteiger partial charge in [0.2, 0.25) is 5.91 Å². The predicted molar refractivity (Wildman–Crippen MR) is 84.6 cm³/mol. The summed E-state index contributed by atoms with van der Waals surface area (Å²) in [5.41, 5.74) is 6.63. The fraction of sp³-hybridized carbons (Fsp3) is 0.533. The minimum Gasteiger partial charge on any atom is -0.492 e. The highest BCUT2D eigenvalue weighted by Crippen LogP contribution is 2.18. The third kappa shape index (κ3) is 7.36. The van der Waals surface area contributed by atoms with Crippen LogP contribution in [-0.2, 0) is 4.79 Å². The standard InChI is InChI=1S/C15H24N2O2.ClH/c1-12(2)13-5-7-14(8-6-13)19-11-10-17-15(18)4-3-9-16;/h5-8,12H,3-4,9-11,16H2,1-2H3,(H,17,18);1H. The molecule has 0 heterocycles. The van der Waals surface area contributed by atoms with Gasteiger partial charge in [0.1, 0.15) is 12.4 Å². The summed E-state index contributed by atoms with van der Waals surface area (Å²) in [7, 11) is 0. The zero-order valence-electron chi connectivity index (χ0n) is 12.2. The quantitative estimate of drug-likeness (QED) is 0.725. The molecule has 0 fully saturated rings. The Morgan fingerprint density at radius 1 is 1.30 bits per heavy atom. The maximum absolute atomic E-state index is 11.3. The van der Waals surface area contributed by atoms with Crippen LogP contribution < -0.4 is 15.8 Å². The smallest absolute Gasteiger partial charge is 0.220 e. The first-order valence-electron chi connectivity index (χ1n) is 6.83. The van der Waals surface area contributed by atoms with Crippen LogP contribution >= 0.6 is 12.4 Å². The van der Waals surface area contributed by atoms with Gasteiger partial charge >= 0.3 is 0 Å². The molecule has 0 unspecified atom stereocenters. The van der Waals surface area contributed by atoms with Crippen molar-refractivity contribution in [2.45, 2.75) is 32.6 Å². The van der Waals surface area contributed by atoms with E-state index < -0.39 is 0 Å². The van der Waals surface area contributed by atoms with Crippen molar-refractivity contribution in [2.24, 2.45) is 5.73 Å². The first-order chi connectivity index (χ1) is 9.13. The van der Waals surface area contributed by atoms with E-state index in [1.807, 2.05) is 12.1 Å². The van der Waals surface area contributed by atoms with Crippen LogP contribution in [0.1, 0.15) is 38.2 Å². The molecule has 0 spiro atoms. The van der Waals surface area contributed by atoms with Gasteiger partial charge in [-0.15, -0.1) is 12.4 Å². The number of carbonyl (C=O) groups excluding carboxylic acids is 1. The molecule has 1 aromatic carbocycles. The molecule has 0 aliphatic heterocycles. The fourth-order valence-corrected chi connectivity index (χ4v) is 1.66. The lowest BCUT2D eigenvalue weighted by atomic mass is 10.0. The number of halogens is 1. The third-order valence-electron chi connectivity index (χ3n) is 2.85. The van der Waals surface area contributed by atoms with E-state index in [9.17, 15) is 4.79 Å². The summed E-state index contributed by atoms with van der Waals surface area (Å²) >= 11 is 0. The van der Waals surface area contributed by atoms with Crippen LogP contribution in [0.15, 0.2) is 24.3 Å². The highest BCUT2D eigenvalue weighted by molar-refractivity contribution is 5.85. The van der Waals surface area contributed by atoms with Crippen molar-refractivity contribution in [3.05, 3.63) is 29.8 Å². The largest absolute Gasteiger partial charge is 0.492 e. The van der Waals surface area contributed by atoms with Crippen molar-refractivity contribution < 1.29 is 9.53 Å². The molecule has 1 rings (SSSR count). The van der Waals surface area contributed by atoms with Gasteiger partial charge in [-0.3, -0.25) is 4.79 Å². The molecule has 3 N–H and O–H groups in total. The summed E-state index contributed by atoms with van der Waals surface area (Å²) in [5.74, 6) is 1.39. The maximum atomic E-state index is 11.3. The second-order valence-electron chi connectivity index (χ2n) is 4.81. The van der Waals surface area contributed by atoms with Crippen molar-refractivity contribution >= 4 is 18.3 Å². The first-order valence-corrected chi connectivity index (χ1v) is 6.83. The number of hydrogen-bond donors (Lipinski definition) is 2. The van der Waals surface area contributed by atoms with Crippen LogP contribution in [0, 0.1) is 0 Å². The third-order valence-corrected chi connectivity index (χ3v) is 2.85. The van der Waals surface area contributed by atoms with E-state index in [4.69, 9.17) is 10.5 Å². The molecule has 0 radical (unpaired) electrons. The highest BCUT2D eigenvalue weighted by atomic mass is 35.5. The Kier molecular flexibility index (Phi) is 9.86. The van der Waals surface area contributed by atoms with Crippen LogP contribution in [-0.4, -0.2) is 25.6 Å². The summed E-state index contributed by atoms with van der Waals surface area (Å²) in [6.07, 6.45) is 1.21. The molecule has 0 aromatic heterocycles. The van der Waals surface area contributed by atoms with E-state index in [1.54, 1.807) is 0 Å². The number of amides is 1. The van der Waals surface area contributed by atoms with Gasteiger partial charge in [0.15, 0.2) is 0 Å². The Labute approximate surface area is 127 Å². The molecule has 0 saturated carbocycles. The topological polar surface area (TPSA) is 64.3 Å². The van der Waals surface area contributed by atoms with Crippen LogP contribution in [0.25, 0.3) is 0 Å². The second kappa shape index (κ2) is 10.5. The summed E-state index contributed by atoms with van der Waals surface area (Å²) in [4.78, 5) is 11.3. The summed E-state index contributed by atoms with van der Waals surface area (Å²) < 4.78 is 5.56. The van der Waals surface area contributed by atoms with E-state index >= 15 is 0 Å². The Balaban J connectivity index is 0.00000361. The fourth-order valence-electron chi connectivity index (χ4n) is 1.66. The van der Waals surface area contributed by atoms with Gasteiger partial charge in [-0.05, 0) is 36.6 Å². The Morgan fingerprint density at radius 2 is 1.95 bits per heavy atom. The molecule has 0 aliphatic rings. The number of nitrogens with one attached hydrogen (secondary N) is 1. The number of rotatable bonds is 8. The van der Waals surface area contributed by atoms with Crippen LogP contribution in [0.3, 0.4) is 0 Å². The van der Waals surface area contributed by atoms with Crippen molar-refractivity contribution in [3.8, 4) is 5.75 Å². The normalized spacial score (nSPS) is 10.0. The molecule has 1 aromatic rings. The van der Waals surface area contributed by atoms with Crippen LogP contribution in [0.4, 0.5) is 0 Å². The van der Waals surface area contributed by atoms with Gasteiger partial charge in [-0.1, -0.05) is 26.0 Å². The molecular formula is C15H25ClN2O2. The molecule has 114 valence electrons. The van der Waals surface area contributed by atoms with Gasteiger partial charge in [-0.25, -0.2) is 0 Å². The monoisotopic (exact) mass is 300 g/mol. The highest BCUT2D eigenvalue weighted by Gasteiger charge is 2.01. The Morgan fingerprint density at radius 3 is 2.50 bits per heavy atom. The van der Waals surface area contributed by atoms with E-state index in [0.717, 1.165) is 12.2 Å². The summed E-state index contributed by atoms with van der Waals surface area (Å²) in [5, 5.41) is 2.80. The van der Waals surface area contributed by atoms with Crippen molar-refractivity contribution in [1.82, 2.24) is 5.32 Å². The van der Waals surface area contributed by atoms with Gasteiger partial charge in [-0.2, -0.15) is 0 Å². The van der Waals surface area contributed by atoms with Crippen molar-refractivity contribution in [1.29, 1.82) is 0 Å². The van der Waals surface area contributed by atoms with Gasteiger partial charge in [0, 0.05) is 6.42 Å². The van der Waals surface area contributed by atoms with Crippen LogP contribution in [0.5, 0.6) is 5.75 Å². The van der Waals surface area contributed by atoms with Crippen LogP contribution in [0.2, 0.25) is 0 Å². The van der Waals surface area contributed by atoms with E-state index in [-0.39, 0.29) is 18.3 Å². The molecule has 0 saturated heterocycles. The van der Waals surface area contributed by atoms with E-state index in [0.29, 0.717) is 32.0 Å². The SMILES string of the molecule is CC(C)c1ccc(OCCNC(=O)CCCN)cc1.Cl.